The van der Waals surface area contributed by atoms with Crippen LogP contribution in [0.1, 0.15) is 17.9 Å². The molecule has 2 aliphatic rings. The van der Waals surface area contributed by atoms with Crippen molar-refractivity contribution in [3.05, 3.63) is 46.0 Å². The van der Waals surface area contributed by atoms with E-state index >= 15 is 0 Å². The molecule has 1 amide bonds. The normalized spacial score (nSPS) is 30.1. The zero-order valence-electron chi connectivity index (χ0n) is 9.38. The summed E-state index contributed by atoms with van der Waals surface area (Å²) in [5, 5.41) is 11.6. The monoisotopic (exact) mass is 283 g/mol. The van der Waals surface area contributed by atoms with E-state index < -0.39 is 0 Å². The van der Waals surface area contributed by atoms with Crippen LogP contribution in [-0.4, -0.2) is 22.2 Å². The molecule has 3 rings (SSSR count). The van der Waals surface area contributed by atoms with Gasteiger partial charge in [0.1, 0.15) is 0 Å². The molecule has 0 bridgehead atoms. The summed E-state index contributed by atoms with van der Waals surface area (Å²) in [5.74, 6) is -0.625. The minimum absolute atomic E-state index is 0.0566. The van der Waals surface area contributed by atoms with E-state index in [1.807, 2.05) is 12.2 Å². The first-order chi connectivity index (χ1) is 8.59. The molecule has 0 aromatic heterocycles. The fraction of sp³-hybridized carbons (Fsp3) is 0.308. The van der Waals surface area contributed by atoms with Crippen molar-refractivity contribution in [3.63, 3.8) is 0 Å². The lowest BCUT2D eigenvalue weighted by atomic mass is 9.85. The fourth-order valence-electron chi connectivity index (χ4n) is 2.84. The SMILES string of the molecule is O=C1C(c2ccc(Cl)cc2Cl)C2CC=CC2N1O. The zero-order valence-corrected chi connectivity index (χ0v) is 10.9. The summed E-state index contributed by atoms with van der Waals surface area (Å²) in [6.45, 7) is 0. The van der Waals surface area contributed by atoms with Crippen LogP contribution in [0.25, 0.3) is 0 Å². The Labute approximate surface area is 115 Å². The van der Waals surface area contributed by atoms with Gasteiger partial charge >= 0.3 is 0 Å². The van der Waals surface area contributed by atoms with E-state index in [2.05, 4.69) is 0 Å². The molecular weight excluding hydrogens is 273 g/mol. The first kappa shape index (κ1) is 12.0. The van der Waals surface area contributed by atoms with E-state index in [1.54, 1.807) is 18.2 Å². The highest BCUT2D eigenvalue weighted by Crippen LogP contribution is 2.45. The number of fused-ring (bicyclic) bond motifs is 1. The van der Waals surface area contributed by atoms with Crippen molar-refractivity contribution in [2.45, 2.75) is 18.4 Å². The van der Waals surface area contributed by atoms with E-state index in [0.29, 0.717) is 10.0 Å². The number of rotatable bonds is 1. The van der Waals surface area contributed by atoms with Crippen LogP contribution in [0.4, 0.5) is 0 Å². The molecule has 0 saturated carbocycles. The van der Waals surface area contributed by atoms with Gasteiger partial charge in [-0.3, -0.25) is 10.0 Å². The lowest BCUT2D eigenvalue weighted by molar-refractivity contribution is -0.163. The minimum atomic E-state index is -0.389. The third-order valence-electron chi connectivity index (χ3n) is 3.68. The lowest BCUT2D eigenvalue weighted by Crippen LogP contribution is -2.29. The number of halogens is 2. The number of hydrogen-bond acceptors (Lipinski definition) is 2. The molecule has 3 atom stereocenters. The van der Waals surface area contributed by atoms with Gasteiger partial charge in [-0.1, -0.05) is 41.4 Å². The zero-order chi connectivity index (χ0) is 12.9. The van der Waals surface area contributed by atoms with Crippen LogP contribution in [0, 0.1) is 5.92 Å². The van der Waals surface area contributed by atoms with Crippen molar-refractivity contribution in [1.29, 1.82) is 0 Å². The van der Waals surface area contributed by atoms with E-state index in [-0.39, 0.29) is 23.8 Å². The molecule has 5 heteroatoms. The summed E-state index contributed by atoms with van der Waals surface area (Å²) in [6.07, 6.45) is 4.63. The third-order valence-corrected chi connectivity index (χ3v) is 4.24. The Hall–Kier alpha value is -1.03. The minimum Gasteiger partial charge on any atom is -0.285 e. The molecule has 0 radical (unpaired) electrons. The van der Waals surface area contributed by atoms with Crippen LogP contribution in [0.5, 0.6) is 0 Å². The molecular formula is C13H11Cl2NO2. The average Bonchev–Trinajstić information content (AvgIpc) is 2.87. The topological polar surface area (TPSA) is 40.5 Å². The Balaban J connectivity index is 2.04. The highest BCUT2D eigenvalue weighted by atomic mass is 35.5. The van der Waals surface area contributed by atoms with Gasteiger partial charge in [0.15, 0.2) is 0 Å². The summed E-state index contributed by atoms with van der Waals surface area (Å²) in [4.78, 5) is 12.1. The van der Waals surface area contributed by atoms with Crippen LogP contribution in [0.15, 0.2) is 30.4 Å². The molecule has 1 N–H and O–H groups in total. The number of amides is 1. The summed E-state index contributed by atoms with van der Waals surface area (Å²) >= 11 is 12.0. The molecule has 1 heterocycles. The van der Waals surface area contributed by atoms with Crippen LogP contribution >= 0.6 is 23.2 Å². The van der Waals surface area contributed by atoms with Gasteiger partial charge < -0.3 is 0 Å². The number of allylic oxidation sites excluding steroid dienone is 1. The summed E-state index contributed by atoms with van der Waals surface area (Å²) in [5.41, 5.74) is 0.737. The molecule has 1 saturated heterocycles. The smallest absolute Gasteiger partial charge is 0.254 e. The Morgan fingerprint density at radius 3 is 2.83 bits per heavy atom. The summed E-state index contributed by atoms with van der Waals surface area (Å²) in [6, 6.07) is 4.88. The van der Waals surface area contributed by atoms with Gasteiger partial charge in [0.2, 0.25) is 0 Å². The number of carbonyl (C=O) groups excluding carboxylic acids is 1. The fourth-order valence-corrected chi connectivity index (χ4v) is 3.37. The van der Waals surface area contributed by atoms with Crippen LogP contribution in [0.2, 0.25) is 10.0 Å². The van der Waals surface area contributed by atoms with Crippen molar-refractivity contribution in [2.24, 2.45) is 5.92 Å². The molecule has 3 unspecified atom stereocenters. The molecule has 1 aliphatic carbocycles. The third kappa shape index (κ3) is 1.66. The van der Waals surface area contributed by atoms with Crippen LogP contribution in [0.3, 0.4) is 0 Å². The highest BCUT2D eigenvalue weighted by molar-refractivity contribution is 6.35. The van der Waals surface area contributed by atoms with Gasteiger partial charge in [-0.2, -0.15) is 0 Å². The first-order valence-electron chi connectivity index (χ1n) is 5.73. The van der Waals surface area contributed by atoms with E-state index in [0.717, 1.165) is 17.0 Å². The molecule has 1 aromatic carbocycles. The Bertz CT molecular complexity index is 544. The van der Waals surface area contributed by atoms with E-state index in [9.17, 15) is 10.0 Å². The van der Waals surface area contributed by atoms with E-state index in [1.165, 1.54) is 0 Å². The van der Waals surface area contributed by atoms with Gasteiger partial charge in [0.05, 0.1) is 12.0 Å². The maximum Gasteiger partial charge on any atom is 0.254 e. The standard InChI is InChI=1S/C13H11Cl2NO2/c14-7-4-5-8(10(15)6-7)12-9-2-1-3-11(9)16(18)13(12)17/h1,3-6,9,11-12,18H,2H2. The maximum atomic E-state index is 12.1. The Morgan fingerprint density at radius 1 is 1.33 bits per heavy atom. The van der Waals surface area contributed by atoms with Crippen molar-refractivity contribution in [3.8, 4) is 0 Å². The second-order valence-electron chi connectivity index (χ2n) is 4.64. The molecule has 1 aromatic rings. The Kier molecular flexibility index (Phi) is 2.85. The number of hydroxylamine groups is 2. The number of benzene rings is 1. The van der Waals surface area contributed by atoms with Gasteiger partial charge in [-0.25, -0.2) is 5.06 Å². The van der Waals surface area contributed by atoms with E-state index in [4.69, 9.17) is 23.2 Å². The molecule has 18 heavy (non-hydrogen) atoms. The van der Waals surface area contributed by atoms with Crippen molar-refractivity contribution >= 4 is 29.1 Å². The second kappa shape index (κ2) is 4.26. The largest absolute Gasteiger partial charge is 0.285 e. The second-order valence-corrected chi connectivity index (χ2v) is 5.49. The highest BCUT2D eigenvalue weighted by Gasteiger charge is 2.49. The van der Waals surface area contributed by atoms with Crippen molar-refractivity contribution in [1.82, 2.24) is 5.06 Å². The van der Waals surface area contributed by atoms with Crippen molar-refractivity contribution in [2.75, 3.05) is 0 Å². The molecule has 1 aliphatic heterocycles. The van der Waals surface area contributed by atoms with Gasteiger partial charge in [0, 0.05) is 16.0 Å². The molecule has 3 nitrogen and oxygen atoms in total. The predicted octanol–water partition coefficient (Wildman–Crippen LogP) is 3.25. The Morgan fingerprint density at radius 2 is 2.11 bits per heavy atom. The van der Waals surface area contributed by atoms with Gasteiger partial charge in [-0.15, -0.1) is 0 Å². The van der Waals surface area contributed by atoms with Crippen LogP contribution < -0.4 is 0 Å². The molecule has 94 valence electrons. The number of nitrogens with zero attached hydrogens (tertiary/aromatic N) is 1. The molecule has 0 spiro atoms. The number of hydrogen-bond donors (Lipinski definition) is 1. The summed E-state index contributed by atoms with van der Waals surface area (Å²) in [7, 11) is 0. The first-order valence-corrected chi connectivity index (χ1v) is 6.49. The van der Waals surface area contributed by atoms with Crippen LogP contribution in [-0.2, 0) is 4.79 Å². The van der Waals surface area contributed by atoms with Gasteiger partial charge in [-0.05, 0) is 24.1 Å². The predicted molar refractivity (Wildman–Crippen MR) is 68.9 cm³/mol. The van der Waals surface area contributed by atoms with Gasteiger partial charge in [0.25, 0.3) is 5.91 Å². The lowest BCUT2D eigenvalue weighted by Gasteiger charge is -2.16. The summed E-state index contributed by atoms with van der Waals surface area (Å²) < 4.78 is 0. The van der Waals surface area contributed by atoms with Crippen molar-refractivity contribution < 1.29 is 10.0 Å². The number of carbonyl (C=O) groups is 1. The molecule has 1 fully saturated rings. The maximum absolute atomic E-state index is 12.1. The average molecular weight is 284 g/mol. The quantitative estimate of drug-likeness (QED) is 0.635.